The number of nitrogens with one attached hydrogen (secondary N) is 1. The lowest BCUT2D eigenvalue weighted by molar-refractivity contribution is -0.384. The van der Waals surface area contributed by atoms with Crippen molar-refractivity contribution in [1.29, 1.82) is 0 Å². The van der Waals surface area contributed by atoms with Crippen molar-refractivity contribution in [2.75, 3.05) is 11.1 Å². The van der Waals surface area contributed by atoms with E-state index in [1.807, 2.05) is 22.9 Å². The van der Waals surface area contributed by atoms with E-state index in [1.165, 1.54) is 34.1 Å². The van der Waals surface area contributed by atoms with E-state index in [0.29, 0.717) is 26.6 Å². The number of hydrogen-bond donors (Lipinski definition) is 1. The van der Waals surface area contributed by atoms with Crippen molar-refractivity contribution < 1.29 is 9.72 Å². The first-order valence-electron chi connectivity index (χ1n) is 9.73. The Morgan fingerprint density at radius 3 is 2.85 bits per heavy atom. The molecule has 168 valence electrons. The molecular weight excluding hydrogens is 480 g/mol. The Morgan fingerprint density at radius 2 is 2.18 bits per heavy atom. The summed E-state index contributed by atoms with van der Waals surface area (Å²) in [7, 11) is 0. The van der Waals surface area contributed by atoms with E-state index < -0.39 is 4.92 Å². The molecule has 3 heterocycles. The van der Waals surface area contributed by atoms with Gasteiger partial charge in [0, 0.05) is 40.2 Å². The molecule has 1 amide bonds. The molecule has 33 heavy (non-hydrogen) atoms. The maximum atomic E-state index is 13.3. The lowest BCUT2D eigenvalue weighted by atomic mass is 10.2. The topological polar surface area (TPSA) is 107 Å². The van der Waals surface area contributed by atoms with Crippen LogP contribution in [0.3, 0.4) is 0 Å². The fourth-order valence-electron chi connectivity index (χ4n) is 3.24. The van der Waals surface area contributed by atoms with E-state index in [9.17, 15) is 19.7 Å². The number of aromatic nitrogens is 2. The minimum absolute atomic E-state index is 0.0225. The summed E-state index contributed by atoms with van der Waals surface area (Å²) in [5.41, 5.74) is 1.74. The zero-order valence-electron chi connectivity index (χ0n) is 17.4. The number of carbonyl (C=O) groups excluding carboxylic acids is 1. The minimum atomic E-state index is -0.483. The molecule has 0 bridgehead atoms. The smallest absolute Gasteiger partial charge is 0.269 e. The number of nitro benzene ring substituents is 1. The number of amides is 1. The average molecular weight is 499 g/mol. The Hall–Kier alpha value is -3.28. The number of nitro groups is 1. The van der Waals surface area contributed by atoms with Gasteiger partial charge in [0.25, 0.3) is 11.2 Å². The number of nitrogens with zero attached hydrogens (tertiary/aromatic N) is 3. The summed E-state index contributed by atoms with van der Waals surface area (Å²) in [6.45, 7) is 5.70. The van der Waals surface area contributed by atoms with Crippen LogP contribution in [-0.2, 0) is 11.3 Å². The fourth-order valence-corrected chi connectivity index (χ4v) is 5.85. The third-order valence-corrected chi connectivity index (χ3v) is 7.54. The number of anilines is 1. The van der Waals surface area contributed by atoms with Crippen LogP contribution >= 0.6 is 34.4 Å². The largest absolute Gasteiger partial charge is 0.325 e. The van der Waals surface area contributed by atoms with Gasteiger partial charge in [-0.3, -0.25) is 24.3 Å². The lowest BCUT2D eigenvalue weighted by Crippen LogP contribution is -2.23. The number of thiophene rings is 2. The summed E-state index contributed by atoms with van der Waals surface area (Å²) < 4.78 is 1.52. The molecule has 0 aliphatic heterocycles. The molecule has 3 aromatic heterocycles. The number of non-ortho nitro benzene ring substituents is 1. The zero-order valence-corrected chi connectivity index (χ0v) is 19.9. The van der Waals surface area contributed by atoms with Crippen LogP contribution in [0.25, 0.3) is 20.7 Å². The molecule has 0 aliphatic rings. The molecular formula is C22H18N4O4S3. The van der Waals surface area contributed by atoms with Crippen molar-refractivity contribution in [1.82, 2.24) is 9.55 Å². The first-order valence-corrected chi connectivity index (χ1v) is 12.5. The summed E-state index contributed by atoms with van der Waals surface area (Å²) in [4.78, 5) is 42.5. The Bertz CT molecular complexity index is 1420. The number of carbonyl (C=O) groups is 1. The normalized spacial score (nSPS) is 10.9. The second kappa shape index (κ2) is 9.69. The number of allylic oxidation sites excluding steroid dienone is 1. The van der Waals surface area contributed by atoms with Gasteiger partial charge < -0.3 is 5.32 Å². The van der Waals surface area contributed by atoms with Gasteiger partial charge in [0.05, 0.1) is 16.1 Å². The van der Waals surface area contributed by atoms with Gasteiger partial charge in [0.15, 0.2) is 5.16 Å². The van der Waals surface area contributed by atoms with Crippen LogP contribution in [0.1, 0.15) is 5.56 Å². The number of fused-ring (bicyclic) bond motifs is 1. The summed E-state index contributed by atoms with van der Waals surface area (Å²) in [5.74, 6) is -0.281. The Balaban J connectivity index is 1.58. The van der Waals surface area contributed by atoms with Gasteiger partial charge in [-0.15, -0.1) is 29.3 Å². The Labute approximate surface area is 200 Å². The summed E-state index contributed by atoms with van der Waals surface area (Å²) in [6.07, 6.45) is 1.62. The molecule has 0 radical (unpaired) electrons. The van der Waals surface area contributed by atoms with Crippen molar-refractivity contribution in [3.05, 3.63) is 79.8 Å². The average Bonchev–Trinajstić information content (AvgIpc) is 3.45. The van der Waals surface area contributed by atoms with E-state index in [1.54, 1.807) is 24.3 Å². The van der Waals surface area contributed by atoms with Crippen LogP contribution in [0, 0.1) is 17.0 Å². The first kappa shape index (κ1) is 22.9. The highest BCUT2D eigenvalue weighted by molar-refractivity contribution is 7.99. The van der Waals surface area contributed by atoms with Crippen LogP contribution in [-0.4, -0.2) is 26.1 Å². The molecule has 4 aromatic rings. The molecule has 0 unspecified atom stereocenters. The molecule has 1 aromatic carbocycles. The van der Waals surface area contributed by atoms with Crippen molar-refractivity contribution >= 4 is 61.9 Å². The number of aryl methyl sites for hydroxylation is 1. The van der Waals surface area contributed by atoms with Crippen molar-refractivity contribution in [2.45, 2.75) is 18.6 Å². The van der Waals surface area contributed by atoms with Gasteiger partial charge >= 0.3 is 0 Å². The molecule has 1 N–H and O–H groups in total. The van der Waals surface area contributed by atoms with Crippen LogP contribution in [0.15, 0.2) is 63.7 Å². The van der Waals surface area contributed by atoms with E-state index in [0.717, 1.165) is 22.2 Å². The van der Waals surface area contributed by atoms with Gasteiger partial charge in [-0.2, -0.15) is 0 Å². The second-order valence-corrected chi connectivity index (χ2v) is 9.75. The lowest BCUT2D eigenvalue weighted by Gasteiger charge is -2.11. The van der Waals surface area contributed by atoms with Crippen molar-refractivity contribution in [3.8, 4) is 10.4 Å². The Kier molecular flexibility index (Phi) is 6.72. The Morgan fingerprint density at radius 1 is 1.36 bits per heavy atom. The number of thioether (sulfide) groups is 1. The quantitative estimate of drug-likeness (QED) is 0.116. The van der Waals surface area contributed by atoms with Crippen molar-refractivity contribution in [2.24, 2.45) is 0 Å². The summed E-state index contributed by atoms with van der Waals surface area (Å²) in [5, 5.41) is 18.5. The number of rotatable bonds is 8. The van der Waals surface area contributed by atoms with E-state index >= 15 is 0 Å². The number of hydrogen-bond acceptors (Lipinski definition) is 8. The molecule has 11 heteroatoms. The molecule has 8 nitrogen and oxygen atoms in total. The minimum Gasteiger partial charge on any atom is -0.325 e. The third kappa shape index (κ3) is 4.75. The van der Waals surface area contributed by atoms with Gasteiger partial charge in [-0.25, -0.2) is 4.98 Å². The molecule has 0 spiro atoms. The maximum absolute atomic E-state index is 13.3. The molecule has 4 rings (SSSR count). The van der Waals surface area contributed by atoms with Crippen molar-refractivity contribution in [3.63, 3.8) is 0 Å². The summed E-state index contributed by atoms with van der Waals surface area (Å²) in [6, 6.07) is 8.16. The predicted octanol–water partition coefficient (Wildman–Crippen LogP) is 5.32. The highest BCUT2D eigenvalue weighted by atomic mass is 32.2. The zero-order chi connectivity index (χ0) is 23.5. The van der Waals surface area contributed by atoms with E-state index in [2.05, 4.69) is 16.9 Å². The predicted molar refractivity (Wildman–Crippen MR) is 135 cm³/mol. The van der Waals surface area contributed by atoms with Gasteiger partial charge in [-0.1, -0.05) is 23.9 Å². The monoisotopic (exact) mass is 498 g/mol. The summed E-state index contributed by atoms with van der Waals surface area (Å²) >= 11 is 4.12. The fraction of sp³-hybridized carbons (Fsp3) is 0.136. The van der Waals surface area contributed by atoms with Crippen LogP contribution < -0.4 is 10.9 Å². The van der Waals surface area contributed by atoms with Crippen LogP contribution in [0.5, 0.6) is 0 Å². The number of benzene rings is 1. The maximum Gasteiger partial charge on any atom is 0.269 e. The van der Waals surface area contributed by atoms with E-state index in [4.69, 9.17) is 0 Å². The molecule has 0 aliphatic carbocycles. The molecule has 0 saturated carbocycles. The molecule has 0 fully saturated rings. The van der Waals surface area contributed by atoms with Gasteiger partial charge in [0.2, 0.25) is 5.91 Å². The van der Waals surface area contributed by atoms with Crippen LogP contribution in [0.2, 0.25) is 0 Å². The van der Waals surface area contributed by atoms with Gasteiger partial charge in [0.1, 0.15) is 4.83 Å². The van der Waals surface area contributed by atoms with E-state index in [-0.39, 0.29) is 29.5 Å². The van der Waals surface area contributed by atoms with Gasteiger partial charge in [-0.05, 0) is 30.0 Å². The SMILES string of the molecule is C=CCn1c(SCC(=O)Nc2ccc([N+](=O)[O-])cc2C)nc2scc(-c3cccs3)c2c1=O. The molecule has 0 atom stereocenters. The van der Waals surface area contributed by atoms with Crippen LogP contribution in [0.4, 0.5) is 11.4 Å². The highest BCUT2D eigenvalue weighted by Gasteiger charge is 2.18. The molecule has 0 saturated heterocycles. The highest BCUT2D eigenvalue weighted by Crippen LogP contribution is 2.34. The first-order chi connectivity index (χ1) is 15.9. The standard InChI is InChI=1S/C22H18N4O4S3/c1-3-8-25-21(28)19-15(17-5-4-9-31-17)11-32-20(19)24-22(25)33-12-18(27)23-16-7-6-14(26(29)30)10-13(16)2/h3-7,9-11H,1,8,12H2,2H3,(H,23,27). The third-order valence-electron chi connectivity index (χ3n) is 4.78. The second-order valence-electron chi connectivity index (χ2n) is 7.00.